The Morgan fingerprint density at radius 3 is 2.38 bits per heavy atom. The van der Waals surface area contributed by atoms with Crippen LogP contribution in [0.15, 0.2) is 78.9 Å². The van der Waals surface area contributed by atoms with E-state index in [-0.39, 0.29) is 42.3 Å². The highest BCUT2D eigenvalue weighted by atomic mass is 28.4. The topological polar surface area (TPSA) is 111 Å². The minimum atomic E-state index is -2.92. The smallest absolute Gasteiger partial charge is 0.264 e. The predicted octanol–water partition coefficient (Wildman–Crippen LogP) is 4.70. The lowest BCUT2D eigenvalue weighted by atomic mass is 9.82. The molecule has 2 fully saturated rings. The standard InChI is InChI=1S/C35H41N3O6Si/c1-24-33(45(2,3)43)31(20-32(41)36-19-9-12-28(36)22-39)44-35(24)29-13-7-8-14-30(29)37(34(35)42)21-25-15-17-27(18-16-25)38(23-40)26-10-5-4-6-11-26/h4-8,10-11,13-18,23-24,28,31,33,39,43H,9,12,19-22H2,1-3H3/t24-,28+,31+,33-,35+/m1/s1. The molecule has 45 heavy (non-hydrogen) atoms. The van der Waals surface area contributed by atoms with Gasteiger partial charge in [0.2, 0.25) is 12.3 Å². The number of aliphatic hydroxyl groups is 1. The van der Waals surface area contributed by atoms with Crippen LogP contribution in [0, 0.1) is 5.92 Å². The third kappa shape index (κ3) is 5.39. The molecule has 2 N–H and O–H groups in total. The van der Waals surface area contributed by atoms with Crippen molar-refractivity contribution in [2.24, 2.45) is 5.92 Å². The fourth-order valence-corrected chi connectivity index (χ4v) is 10.4. The Labute approximate surface area is 265 Å². The van der Waals surface area contributed by atoms with Crippen LogP contribution in [0.2, 0.25) is 18.6 Å². The zero-order valence-electron chi connectivity index (χ0n) is 26.0. The molecule has 9 nitrogen and oxygen atoms in total. The summed E-state index contributed by atoms with van der Waals surface area (Å²) in [6.45, 7) is 6.47. The first-order valence-electron chi connectivity index (χ1n) is 15.7. The number of nitrogens with zero attached hydrogens (tertiary/aromatic N) is 3. The summed E-state index contributed by atoms with van der Waals surface area (Å²) in [4.78, 5) is 56.6. The first-order valence-corrected chi connectivity index (χ1v) is 18.7. The van der Waals surface area contributed by atoms with Crippen molar-refractivity contribution < 1.29 is 29.0 Å². The fraction of sp³-hybridized carbons (Fsp3) is 0.400. The van der Waals surface area contributed by atoms with Crippen LogP contribution >= 0.6 is 0 Å². The second-order valence-corrected chi connectivity index (χ2v) is 17.0. The minimum Gasteiger partial charge on any atom is -0.432 e. The summed E-state index contributed by atoms with van der Waals surface area (Å²) >= 11 is 0. The highest BCUT2D eigenvalue weighted by molar-refractivity contribution is 6.71. The number of likely N-dealkylation sites (tertiary alicyclic amines) is 1. The number of carbonyl (C=O) groups excluding carboxylic acids is 3. The highest BCUT2D eigenvalue weighted by Crippen LogP contribution is 2.59. The molecule has 3 aromatic carbocycles. The summed E-state index contributed by atoms with van der Waals surface area (Å²) in [7, 11) is -2.92. The Bertz CT molecular complexity index is 1560. The number of amides is 3. The maximum atomic E-state index is 14.6. The van der Waals surface area contributed by atoms with E-state index in [9.17, 15) is 24.3 Å². The number of para-hydroxylation sites is 2. The van der Waals surface area contributed by atoms with Crippen LogP contribution in [0.1, 0.15) is 37.3 Å². The van der Waals surface area contributed by atoms with Crippen LogP contribution in [-0.2, 0) is 31.3 Å². The molecule has 0 aromatic heterocycles. The van der Waals surface area contributed by atoms with Gasteiger partial charge in [-0.1, -0.05) is 55.5 Å². The second kappa shape index (κ2) is 12.2. The molecule has 0 unspecified atom stereocenters. The van der Waals surface area contributed by atoms with Crippen molar-refractivity contribution in [1.82, 2.24) is 4.90 Å². The molecule has 0 aliphatic carbocycles. The van der Waals surface area contributed by atoms with Gasteiger partial charge in [-0.15, -0.1) is 0 Å². The van der Waals surface area contributed by atoms with E-state index in [1.807, 2.05) is 98.9 Å². The van der Waals surface area contributed by atoms with Crippen LogP contribution in [0.3, 0.4) is 0 Å². The maximum Gasteiger partial charge on any atom is 0.264 e. The van der Waals surface area contributed by atoms with Gasteiger partial charge in [0.25, 0.3) is 5.91 Å². The molecule has 3 amide bonds. The first-order chi connectivity index (χ1) is 21.6. The van der Waals surface area contributed by atoms with E-state index in [1.54, 1.807) is 14.7 Å². The number of hydrogen-bond donors (Lipinski definition) is 2. The van der Waals surface area contributed by atoms with E-state index in [1.165, 1.54) is 0 Å². The number of carbonyl (C=O) groups is 3. The van der Waals surface area contributed by atoms with E-state index >= 15 is 0 Å². The molecule has 3 heterocycles. The van der Waals surface area contributed by atoms with Gasteiger partial charge in [0.1, 0.15) is 0 Å². The number of rotatable bonds is 9. The number of anilines is 3. The van der Waals surface area contributed by atoms with Crippen LogP contribution in [-0.4, -0.2) is 66.6 Å². The largest absolute Gasteiger partial charge is 0.432 e. The molecule has 3 aliphatic rings. The average Bonchev–Trinajstić information content (AvgIpc) is 3.69. The molecule has 0 bridgehead atoms. The lowest BCUT2D eigenvalue weighted by Gasteiger charge is -2.32. The lowest BCUT2D eigenvalue weighted by Crippen LogP contribution is -2.46. The molecular formula is C35H41N3O6Si. The minimum absolute atomic E-state index is 0.0514. The van der Waals surface area contributed by atoms with Gasteiger partial charge in [-0.05, 0) is 61.8 Å². The van der Waals surface area contributed by atoms with Crippen molar-refractivity contribution in [1.29, 1.82) is 0 Å². The average molecular weight is 628 g/mol. The van der Waals surface area contributed by atoms with Gasteiger partial charge < -0.3 is 24.4 Å². The molecule has 3 aromatic rings. The summed E-state index contributed by atoms with van der Waals surface area (Å²) in [5, 5.41) is 9.81. The van der Waals surface area contributed by atoms with Crippen LogP contribution in [0.5, 0.6) is 0 Å². The summed E-state index contributed by atoms with van der Waals surface area (Å²) in [6, 6.07) is 24.4. The molecule has 6 rings (SSSR count). The van der Waals surface area contributed by atoms with Crippen molar-refractivity contribution in [3.63, 3.8) is 0 Å². The number of hydrogen-bond acceptors (Lipinski definition) is 6. The molecular weight excluding hydrogens is 586 g/mol. The SMILES string of the molecule is C[C@@H]1[C@@H]([Si](C)(C)O)[C@H](CC(=O)N2CCC[C@H]2CO)O[C@@]12C(=O)N(Cc1ccc(N(C=O)c3ccccc3)cc1)c1ccccc12. The Hall–Kier alpha value is -3.83. The molecule has 0 radical (unpaired) electrons. The van der Waals surface area contributed by atoms with Crippen LogP contribution in [0.4, 0.5) is 17.1 Å². The molecule has 236 valence electrons. The van der Waals surface area contributed by atoms with Gasteiger partial charge >= 0.3 is 0 Å². The van der Waals surface area contributed by atoms with Crippen LogP contribution in [0.25, 0.3) is 0 Å². The monoisotopic (exact) mass is 627 g/mol. The zero-order valence-corrected chi connectivity index (χ0v) is 27.0. The molecule has 5 atom stereocenters. The van der Waals surface area contributed by atoms with Crippen molar-refractivity contribution in [3.8, 4) is 0 Å². The molecule has 0 saturated carbocycles. The predicted molar refractivity (Wildman–Crippen MR) is 174 cm³/mol. The Kier molecular flexibility index (Phi) is 8.42. The zero-order chi connectivity index (χ0) is 31.9. The number of benzene rings is 3. The molecule has 2 saturated heterocycles. The van der Waals surface area contributed by atoms with Crippen molar-refractivity contribution >= 4 is 43.6 Å². The van der Waals surface area contributed by atoms with E-state index in [2.05, 4.69) is 0 Å². The fourth-order valence-electron chi connectivity index (χ4n) is 7.84. The van der Waals surface area contributed by atoms with E-state index in [0.29, 0.717) is 18.8 Å². The normalized spacial score (nSPS) is 26.0. The summed E-state index contributed by atoms with van der Waals surface area (Å²) in [6.07, 6.45) is 1.80. The summed E-state index contributed by atoms with van der Waals surface area (Å²) in [5.41, 5.74) is 2.16. The second-order valence-electron chi connectivity index (χ2n) is 13.0. The summed E-state index contributed by atoms with van der Waals surface area (Å²) < 4.78 is 6.81. The lowest BCUT2D eigenvalue weighted by molar-refractivity contribution is -0.150. The number of aliphatic hydroxyl groups excluding tert-OH is 1. The van der Waals surface area contributed by atoms with Gasteiger partial charge in [-0.25, -0.2) is 0 Å². The number of fused-ring (bicyclic) bond motifs is 2. The van der Waals surface area contributed by atoms with E-state index in [4.69, 9.17) is 4.74 Å². The first kappa shape index (κ1) is 31.2. The third-order valence-electron chi connectivity index (χ3n) is 9.87. The van der Waals surface area contributed by atoms with Crippen molar-refractivity contribution in [2.75, 3.05) is 23.0 Å². The van der Waals surface area contributed by atoms with E-state index < -0.39 is 20.0 Å². The van der Waals surface area contributed by atoms with Crippen LogP contribution < -0.4 is 9.80 Å². The number of ether oxygens (including phenoxy) is 1. The Balaban J connectivity index is 1.29. The maximum absolute atomic E-state index is 14.6. The van der Waals surface area contributed by atoms with E-state index in [0.717, 1.165) is 41.8 Å². The Morgan fingerprint density at radius 2 is 1.71 bits per heavy atom. The quantitative estimate of drug-likeness (QED) is 0.263. The third-order valence-corrected chi connectivity index (χ3v) is 12.4. The highest BCUT2D eigenvalue weighted by Gasteiger charge is 2.66. The summed E-state index contributed by atoms with van der Waals surface area (Å²) in [5.74, 6) is -0.687. The van der Waals surface area contributed by atoms with Gasteiger partial charge in [0, 0.05) is 34.9 Å². The van der Waals surface area contributed by atoms with Crippen molar-refractivity contribution in [2.45, 2.75) is 69.1 Å². The Morgan fingerprint density at radius 1 is 1.04 bits per heavy atom. The van der Waals surface area contributed by atoms with Gasteiger partial charge in [0.15, 0.2) is 13.9 Å². The molecule has 3 aliphatic heterocycles. The molecule has 1 spiro atoms. The van der Waals surface area contributed by atoms with Gasteiger partial charge in [0.05, 0.1) is 37.4 Å². The van der Waals surface area contributed by atoms with Crippen molar-refractivity contribution in [3.05, 3.63) is 90.0 Å². The van der Waals surface area contributed by atoms with Gasteiger partial charge in [-0.2, -0.15) is 0 Å². The van der Waals surface area contributed by atoms with Gasteiger partial charge in [-0.3, -0.25) is 19.3 Å². The molecule has 10 heteroatoms.